The van der Waals surface area contributed by atoms with Gasteiger partial charge in [0.15, 0.2) is 4.34 Å². The van der Waals surface area contributed by atoms with Crippen molar-refractivity contribution in [1.82, 2.24) is 10.2 Å². The lowest BCUT2D eigenvalue weighted by atomic mass is 10.2. The van der Waals surface area contributed by atoms with E-state index in [1.807, 2.05) is 6.07 Å². The van der Waals surface area contributed by atoms with E-state index in [9.17, 15) is 4.79 Å². The number of thioether (sulfide) groups is 1. The molecule has 96 valence electrons. The van der Waals surface area contributed by atoms with Crippen LogP contribution in [0.1, 0.15) is 12.0 Å². The predicted octanol–water partition coefficient (Wildman–Crippen LogP) is 2.53. The highest BCUT2D eigenvalue weighted by molar-refractivity contribution is 8.01. The summed E-state index contributed by atoms with van der Waals surface area (Å²) in [7, 11) is 0. The van der Waals surface area contributed by atoms with Crippen molar-refractivity contribution in [1.29, 1.82) is 5.26 Å². The molecule has 1 heterocycles. The third kappa shape index (κ3) is 4.05. The summed E-state index contributed by atoms with van der Waals surface area (Å²) in [6.07, 6.45) is 0.365. The van der Waals surface area contributed by atoms with Gasteiger partial charge in [0.05, 0.1) is 11.3 Å². The number of para-hydroxylation sites is 1. The van der Waals surface area contributed by atoms with Gasteiger partial charge in [-0.2, -0.15) is 5.26 Å². The average molecular weight is 290 g/mol. The Morgan fingerprint density at radius 3 is 3.05 bits per heavy atom. The van der Waals surface area contributed by atoms with Gasteiger partial charge in [0.2, 0.25) is 5.91 Å². The third-order valence-electron chi connectivity index (χ3n) is 2.22. The van der Waals surface area contributed by atoms with E-state index in [2.05, 4.69) is 15.5 Å². The maximum Gasteiger partial charge on any atom is 0.225 e. The number of aromatic nitrogens is 2. The summed E-state index contributed by atoms with van der Waals surface area (Å²) in [6.45, 7) is 0. The molecule has 0 aliphatic rings. The van der Waals surface area contributed by atoms with Crippen LogP contribution in [0.3, 0.4) is 0 Å². The van der Waals surface area contributed by atoms with Gasteiger partial charge in [0, 0.05) is 12.2 Å². The summed E-state index contributed by atoms with van der Waals surface area (Å²) < 4.78 is 0.852. The first kappa shape index (κ1) is 13.5. The molecule has 1 N–H and O–H groups in total. The van der Waals surface area contributed by atoms with E-state index in [1.165, 1.54) is 23.1 Å². The molecule has 19 heavy (non-hydrogen) atoms. The number of rotatable bonds is 5. The second-order valence-corrected chi connectivity index (χ2v) is 5.68. The van der Waals surface area contributed by atoms with Crippen LogP contribution in [0.15, 0.2) is 34.1 Å². The number of nitrogens with one attached hydrogen (secondary N) is 1. The second-order valence-electron chi connectivity index (χ2n) is 3.51. The molecule has 0 saturated carbocycles. The summed E-state index contributed by atoms with van der Waals surface area (Å²) in [5, 5.41) is 19.2. The molecule has 2 aromatic rings. The first-order valence-corrected chi connectivity index (χ1v) is 7.34. The molecule has 1 aromatic carbocycles. The summed E-state index contributed by atoms with van der Waals surface area (Å²) in [4.78, 5) is 11.7. The fraction of sp³-hybridized carbons (Fsp3) is 0.167. The van der Waals surface area contributed by atoms with Crippen LogP contribution in [-0.2, 0) is 4.79 Å². The molecule has 5 nitrogen and oxygen atoms in total. The Balaban J connectivity index is 1.83. The van der Waals surface area contributed by atoms with Crippen LogP contribution in [-0.4, -0.2) is 21.9 Å². The second kappa shape index (κ2) is 6.87. The van der Waals surface area contributed by atoms with Gasteiger partial charge in [-0.05, 0) is 12.1 Å². The highest BCUT2D eigenvalue weighted by Crippen LogP contribution is 2.20. The minimum absolute atomic E-state index is 0.111. The van der Waals surface area contributed by atoms with Gasteiger partial charge in [0.25, 0.3) is 0 Å². The molecule has 1 amide bonds. The van der Waals surface area contributed by atoms with Crippen molar-refractivity contribution in [2.45, 2.75) is 10.8 Å². The molecular formula is C12H10N4OS2. The highest BCUT2D eigenvalue weighted by Gasteiger charge is 2.07. The van der Waals surface area contributed by atoms with Gasteiger partial charge < -0.3 is 5.32 Å². The molecule has 0 unspecified atom stereocenters. The van der Waals surface area contributed by atoms with Crippen molar-refractivity contribution in [2.24, 2.45) is 0 Å². The summed E-state index contributed by atoms with van der Waals surface area (Å²) in [6, 6.07) is 8.98. The predicted molar refractivity (Wildman–Crippen MR) is 75.0 cm³/mol. The number of nitriles is 1. The van der Waals surface area contributed by atoms with E-state index < -0.39 is 0 Å². The lowest BCUT2D eigenvalue weighted by Crippen LogP contribution is -2.13. The van der Waals surface area contributed by atoms with Crippen LogP contribution < -0.4 is 5.32 Å². The number of benzene rings is 1. The minimum Gasteiger partial charge on any atom is -0.325 e. The number of carbonyl (C=O) groups is 1. The number of hydrogen-bond donors (Lipinski definition) is 1. The van der Waals surface area contributed by atoms with Gasteiger partial charge >= 0.3 is 0 Å². The van der Waals surface area contributed by atoms with Crippen molar-refractivity contribution in [3.05, 3.63) is 35.3 Å². The minimum atomic E-state index is -0.111. The van der Waals surface area contributed by atoms with Crippen molar-refractivity contribution < 1.29 is 4.79 Å². The van der Waals surface area contributed by atoms with Crippen LogP contribution in [0, 0.1) is 11.3 Å². The highest BCUT2D eigenvalue weighted by atomic mass is 32.2. The molecule has 0 saturated heterocycles. The number of amides is 1. The molecule has 0 aliphatic heterocycles. The van der Waals surface area contributed by atoms with Crippen molar-refractivity contribution in [3.63, 3.8) is 0 Å². The van der Waals surface area contributed by atoms with E-state index in [0.717, 1.165) is 4.34 Å². The molecular weight excluding hydrogens is 280 g/mol. The Hall–Kier alpha value is -1.91. The summed E-state index contributed by atoms with van der Waals surface area (Å²) >= 11 is 2.95. The Bertz CT molecular complexity index is 592. The molecule has 0 radical (unpaired) electrons. The lowest BCUT2D eigenvalue weighted by molar-refractivity contribution is -0.115. The van der Waals surface area contributed by atoms with Gasteiger partial charge in [-0.15, -0.1) is 10.2 Å². The lowest BCUT2D eigenvalue weighted by Gasteiger charge is -2.05. The topological polar surface area (TPSA) is 78.7 Å². The number of carbonyl (C=O) groups excluding carboxylic acids is 1. The third-order valence-corrected chi connectivity index (χ3v) is 4.08. The number of hydrogen-bond acceptors (Lipinski definition) is 6. The number of anilines is 1. The van der Waals surface area contributed by atoms with Gasteiger partial charge in [0.1, 0.15) is 11.6 Å². The average Bonchev–Trinajstić information content (AvgIpc) is 2.92. The molecule has 0 atom stereocenters. The Morgan fingerprint density at radius 2 is 2.32 bits per heavy atom. The van der Waals surface area contributed by atoms with E-state index in [0.29, 0.717) is 23.4 Å². The van der Waals surface area contributed by atoms with Crippen molar-refractivity contribution in [3.8, 4) is 6.07 Å². The fourth-order valence-electron chi connectivity index (χ4n) is 1.36. The Labute approximate surface area is 118 Å². The molecule has 0 spiro atoms. The molecule has 0 bridgehead atoms. The first-order valence-electron chi connectivity index (χ1n) is 5.47. The quantitative estimate of drug-likeness (QED) is 0.856. The SMILES string of the molecule is N#Cc1ccccc1NC(=O)CCSc1nncs1. The monoisotopic (exact) mass is 290 g/mol. The van der Waals surface area contributed by atoms with Crippen LogP contribution >= 0.6 is 23.1 Å². The zero-order chi connectivity index (χ0) is 13.5. The van der Waals surface area contributed by atoms with E-state index in [-0.39, 0.29) is 5.91 Å². The zero-order valence-corrected chi connectivity index (χ0v) is 11.5. The van der Waals surface area contributed by atoms with Crippen LogP contribution in [0.4, 0.5) is 5.69 Å². The van der Waals surface area contributed by atoms with Gasteiger partial charge in [-0.1, -0.05) is 35.2 Å². The summed E-state index contributed by atoms with van der Waals surface area (Å²) in [5.41, 5.74) is 2.68. The smallest absolute Gasteiger partial charge is 0.225 e. The Morgan fingerprint density at radius 1 is 1.47 bits per heavy atom. The van der Waals surface area contributed by atoms with E-state index in [4.69, 9.17) is 5.26 Å². The first-order chi connectivity index (χ1) is 9.29. The van der Waals surface area contributed by atoms with E-state index in [1.54, 1.807) is 29.8 Å². The molecule has 1 aromatic heterocycles. The molecule has 0 aliphatic carbocycles. The van der Waals surface area contributed by atoms with Crippen LogP contribution in [0.5, 0.6) is 0 Å². The maximum absolute atomic E-state index is 11.7. The van der Waals surface area contributed by atoms with Gasteiger partial charge in [-0.3, -0.25) is 4.79 Å². The van der Waals surface area contributed by atoms with Crippen molar-refractivity contribution in [2.75, 3.05) is 11.1 Å². The summed E-state index contributed by atoms with van der Waals surface area (Å²) in [5.74, 6) is 0.523. The van der Waals surface area contributed by atoms with Crippen LogP contribution in [0.25, 0.3) is 0 Å². The molecule has 7 heteroatoms. The standard InChI is InChI=1S/C12H10N4OS2/c13-7-9-3-1-2-4-10(9)15-11(17)5-6-18-12-16-14-8-19-12/h1-4,8H,5-6H2,(H,15,17). The fourth-order valence-corrected chi connectivity index (χ4v) is 2.86. The van der Waals surface area contributed by atoms with Crippen molar-refractivity contribution >= 4 is 34.7 Å². The van der Waals surface area contributed by atoms with E-state index >= 15 is 0 Å². The zero-order valence-electron chi connectivity index (χ0n) is 9.87. The Kier molecular flexibility index (Phi) is 4.89. The largest absolute Gasteiger partial charge is 0.325 e. The maximum atomic E-state index is 11.7. The molecule has 2 rings (SSSR count). The number of nitrogens with zero attached hydrogens (tertiary/aromatic N) is 3. The molecule has 0 fully saturated rings. The van der Waals surface area contributed by atoms with Crippen LogP contribution in [0.2, 0.25) is 0 Å². The normalized spacial score (nSPS) is 9.84. The van der Waals surface area contributed by atoms with Gasteiger partial charge in [-0.25, -0.2) is 0 Å².